The number of likely N-dealkylation sites (tertiary alicyclic amines) is 1. The van der Waals surface area contributed by atoms with Crippen molar-refractivity contribution in [3.63, 3.8) is 0 Å². The van der Waals surface area contributed by atoms with E-state index in [0.717, 1.165) is 5.57 Å². The van der Waals surface area contributed by atoms with Crippen molar-refractivity contribution in [1.82, 2.24) is 4.90 Å². The molecule has 2 aliphatic heterocycles. The summed E-state index contributed by atoms with van der Waals surface area (Å²) in [4.78, 5) is 68.9. The summed E-state index contributed by atoms with van der Waals surface area (Å²) in [5.41, 5.74) is 0.116. The molecule has 0 bridgehead atoms. The fraction of sp³-hybridized carbons (Fsp3) is 0.469. The number of amides is 4. The number of carbonyl (C=O) groups excluding carboxylic acids is 4. The summed E-state index contributed by atoms with van der Waals surface area (Å²) >= 11 is 0. The molecule has 2 N–H and O–H groups in total. The highest BCUT2D eigenvalue weighted by Gasteiger charge is 2.68. The Hall–Kier alpha value is -4.05. The molecule has 1 aromatic carbocycles. The Morgan fingerprint density at radius 2 is 1.74 bits per heavy atom. The number of fused-ring (bicyclic) bond motifs is 4. The first-order valence-electron chi connectivity index (χ1n) is 14.6. The largest absolute Gasteiger partial charge is 0.481 e. The van der Waals surface area contributed by atoms with Gasteiger partial charge in [-0.15, -0.1) is 0 Å². The number of imide groups is 2. The molecule has 2 aromatic rings. The molecule has 2 aliphatic carbocycles. The Bertz CT molecular complexity index is 1480. The lowest BCUT2D eigenvalue weighted by atomic mass is 9.52. The van der Waals surface area contributed by atoms with E-state index in [2.05, 4.69) is 0 Å². The number of carboxylic acids is 1. The molecule has 0 radical (unpaired) electrons. The molecule has 3 fully saturated rings. The normalized spacial score (nSPS) is 30.3. The first kappa shape index (κ1) is 28.1. The molecule has 1 aromatic heterocycles. The monoisotopic (exact) mass is 574 g/mol. The van der Waals surface area contributed by atoms with Crippen LogP contribution in [0.4, 0.5) is 5.69 Å². The minimum absolute atomic E-state index is 0.0432. The van der Waals surface area contributed by atoms with E-state index in [1.807, 2.05) is 12.1 Å². The molecule has 10 nitrogen and oxygen atoms in total. The fourth-order valence-corrected chi connectivity index (χ4v) is 7.78. The molecule has 2 saturated heterocycles. The molecule has 6 rings (SSSR count). The quantitative estimate of drug-likeness (QED) is 0.262. The van der Waals surface area contributed by atoms with Crippen LogP contribution in [0.25, 0.3) is 0 Å². The first-order valence-corrected chi connectivity index (χ1v) is 14.6. The summed E-state index contributed by atoms with van der Waals surface area (Å²) in [5.74, 6) is -4.29. The number of anilines is 1. The van der Waals surface area contributed by atoms with Gasteiger partial charge in [-0.05, 0) is 62.8 Å². The lowest BCUT2D eigenvalue weighted by Gasteiger charge is -2.48. The smallest absolute Gasteiger partial charge is 0.303 e. The Balaban J connectivity index is 1.36. The number of para-hydroxylation sites is 1. The van der Waals surface area contributed by atoms with Crippen LogP contribution in [0.1, 0.15) is 62.9 Å². The van der Waals surface area contributed by atoms with Gasteiger partial charge in [0, 0.05) is 13.0 Å². The Labute approximate surface area is 243 Å². The lowest BCUT2D eigenvalue weighted by molar-refractivity contribution is -0.141. The van der Waals surface area contributed by atoms with Gasteiger partial charge >= 0.3 is 5.97 Å². The first-order chi connectivity index (χ1) is 20.2. The summed E-state index contributed by atoms with van der Waals surface area (Å²) in [6.45, 7) is 1.70. The molecule has 4 amide bonds. The third-order valence-electron chi connectivity index (χ3n) is 9.78. The maximum absolute atomic E-state index is 14.2. The lowest BCUT2D eigenvalue weighted by Crippen LogP contribution is -2.48. The third-order valence-corrected chi connectivity index (χ3v) is 9.78. The summed E-state index contributed by atoms with van der Waals surface area (Å²) in [5, 5.41) is 18.6. The Morgan fingerprint density at radius 1 is 0.976 bits per heavy atom. The van der Waals surface area contributed by atoms with Crippen LogP contribution in [0.2, 0.25) is 0 Å². The number of rotatable bonds is 9. The van der Waals surface area contributed by atoms with Crippen molar-refractivity contribution in [2.75, 3.05) is 11.4 Å². The topological polar surface area (TPSA) is 145 Å². The number of aliphatic hydroxyl groups is 1. The maximum Gasteiger partial charge on any atom is 0.303 e. The summed E-state index contributed by atoms with van der Waals surface area (Å²) in [6.07, 6.45) is 4.19. The van der Waals surface area contributed by atoms with Crippen molar-refractivity contribution in [2.24, 2.45) is 29.1 Å². The highest BCUT2D eigenvalue weighted by molar-refractivity contribution is 6.24. The van der Waals surface area contributed by atoms with Gasteiger partial charge in [-0.25, -0.2) is 4.90 Å². The molecule has 220 valence electrons. The molecule has 6 unspecified atom stereocenters. The number of carboxylic acid groups (broad SMARTS) is 1. The van der Waals surface area contributed by atoms with Crippen LogP contribution >= 0.6 is 0 Å². The zero-order valence-electron chi connectivity index (χ0n) is 23.4. The molecule has 4 aliphatic rings. The summed E-state index contributed by atoms with van der Waals surface area (Å²) in [7, 11) is 0. The number of hydrogen-bond donors (Lipinski definition) is 2. The minimum Gasteiger partial charge on any atom is -0.481 e. The van der Waals surface area contributed by atoms with Crippen molar-refractivity contribution < 1.29 is 38.6 Å². The maximum atomic E-state index is 14.2. The van der Waals surface area contributed by atoms with Crippen LogP contribution in [-0.4, -0.2) is 51.3 Å². The average molecular weight is 575 g/mol. The van der Waals surface area contributed by atoms with Crippen LogP contribution < -0.4 is 4.90 Å². The number of unbranched alkanes of at least 4 members (excludes halogenated alkanes) is 2. The third kappa shape index (κ3) is 4.22. The number of nitrogens with zero attached hydrogens (tertiary/aromatic N) is 2. The number of hydrogen-bond acceptors (Lipinski definition) is 7. The Kier molecular flexibility index (Phi) is 7.12. The van der Waals surface area contributed by atoms with Crippen molar-refractivity contribution in [3.05, 3.63) is 65.6 Å². The van der Waals surface area contributed by atoms with E-state index in [1.54, 1.807) is 43.3 Å². The number of benzene rings is 1. The summed E-state index contributed by atoms with van der Waals surface area (Å²) in [6, 6.07) is 12.2. The molecule has 1 saturated carbocycles. The fourth-order valence-electron chi connectivity index (χ4n) is 7.78. The van der Waals surface area contributed by atoms with Crippen molar-refractivity contribution in [1.29, 1.82) is 0 Å². The number of aliphatic carboxylic acids is 1. The second-order valence-corrected chi connectivity index (χ2v) is 12.0. The average Bonchev–Trinajstić information content (AvgIpc) is 3.60. The van der Waals surface area contributed by atoms with Crippen molar-refractivity contribution in [2.45, 2.75) is 58.0 Å². The van der Waals surface area contributed by atoms with Gasteiger partial charge in [0.1, 0.15) is 18.1 Å². The van der Waals surface area contributed by atoms with Gasteiger partial charge in [0.25, 0.3) is 0 Å². The molecule has 42 heavy (non-hydrogen) atoms. The van der Waals surface area contributed by atoms with Gasteiger partial charge in [-0.1, -0.05) is 36.3 Å². The second kappa shape index (κ2) is 10.7. The zero-order chi connectivity index (χ0) is 29.8. The highest BCUT2D eigenvalue weighted by Crippen LogP contribution is 2.63. The minimum atomic E-state index is -1.19. The van der Waals surface area contributed by atoms with E-state index in [1.165, 1.54) is 9.80 Å². The van der Waals surface area contributed by atoms with E-state index in [0.29, 0.717) is 42.9 Å². The Morgan fingerprint density at radius 3 is 2.43 bits per heavy atom. The van der Waals surface area contributed by atoms with Gasteiger partial charge in [0.2, 0.25) is 23.6 Å². The standard InChI is InChI=1S/C32H34N2O8/c1-32-23(29(39)34(31(32)41)18-8-4-2-5-9-18)16-22-20(27(32)24-14-11-19(17-35)42-24)12-13-21-26(22)30(40)33(28(21)38)15-7-3-6-10-25(36)37/h2,4-5,8-9,11-12,14,21-23,26-27,35H,3,6-7,10,13,15-17H2,1H3,(H,36,37). The molecule has 6 atom stereocenters. The highest BCUT2D eigenvalue weighted by atomic mass is 16.4. The van der Waals surface area contributed by atoms with E-state index in [-0.39, 0.29) is 49.6 Å². The predicted octanol–water partition coefficient (Wildman–Crippen LogP) is 3.65. The van der Waals surface area contributed by atoms with E-state index in [9.17, 15) is 29.1 Å². The van der Waals surface area contributed by atoms with Gasteiger partial charge in [-0.2, -0.15) is 0 Å². The number of allylic oxidation sites excluding steroid dienone is 2. The SMILES string of the molecule is CC12C(=O)N(c3ccccc3)C(=O)C1CC1C(=CCC3C(=O)N(CCCCCC(=O)O)C(=O)C31)C2c1ccc(CO)o1. The molecule has 10 heteroatoms. The van der Waals surface area contributed by atoms with E-state index < -0.39 is 41.0 Å². The predicted molar refractivity (Wildman–Crippen MR) is 149 cm³/mol. The molecular formula is C32H34N2O8. The van der Waals surface area contributed by atoms with Gasteiger partial charge in [0.15, 0.2) is 0 Å². The van der Waals surface area contributed by atoms with Crippen LogP contribution in [0.15, 0.2) is 58.5 Å². The summed E-state index contributed by atoms with van der Waals surface area (Å²) < 4.78 is 6.02. The van der Waals surface area contributed by atoms with Crippen LogP contribution in [0.5, 0.6) is 0 Å². The van der Waals surface area contributed by atoms with Crippen LogP contribution in [0, 0.1) is 29.1 Å². The number of aliphatic hydroxyl groups excluding tert-OH is 1. The number of carbonyl (C=O) groups is 5. The van der Waals surface area contributed by atoms with Gasteiger partial charge < -0.3 is 14.6 Å². The van der Waals surface area contributed by atoms with Crippen LogP contribution in [0.3, 0.4) is 0 Å². The molecular weight excluding hydrogens is 540 g/mol. The number of furan rings is 1. The second-order valence-electron chi connectivity index (χ2n) is 12.0. The van der Waals surface area contributed by atoms with Gasteiger partial charge in [0.05, 0.1) is 34.8 Å². The van der Waals surface area contributed by atoms with Crippen molar-refractivity contribution in [3.8, 4) is 0 Å². The van der Waals surface area contributed by atoms with Gasteiger partial charge in [-0.3, -0.25) is 28.9 Å². The van der Waals surface area contributed by atoms with E-state index >= 15 is 0 Å². The zero-order valence-corrected chi connectivity index (χ0v) is 23.4. The molecule has 3 heterocycles. The van der Waals surface area contributed by atoms with E-state index in [4.69, 9.17) is 9.52 Å². The van der Waals surface area contributed by atoms with Crippen LogP contribution in [-0.2, 0) is 30.6 Å². The molecule has 0 spiro atoms. The van der Waals surface area contributed by atoms with Crippen molar-refractivity contribution >= 4 is 35.3 Å².